The molecule has 7 nitrogen and oxygen atoms in total. The number of rotatable bonds is 3. The van der Waals surface area contributed by atoms with Crippen molar-refractivity contribution >= 4 is 33.3 Å². The van der Waals surface area contributed by atoms with Gasteiger partial charge in [-0.05, 0) is 42.8 Å². The van der Waals surface area contributed by atoms with E-state index in [-0.39, 0.29) is 17.6 Å². The quantitative estimate of drug-likeness (QED) is 0.537. The number of phenolic OH excluding ortho intramolecular Hbond substituents is 1. The normalized spacial score (nSPS) is 15.9. The van der Waals surface area contributed by atoms with Gasteiger partial charge in [-0.3, -0.25) is 4.79 Å². The molecule has 2 aromatic carbocycles. The first-order valence-electron chi connectivity index (χ1n) is 9.16. The van der Waals surface area contributed by atoms with Gasteiger partial charge in [0, 0.05) is 17.9 Å². The number of ether oxygens (including phenoxy) is 1. The fraction of sp³-hybridized carbons (Fsp3) is 0.190. The largest absolute Gasteiger partial charge is 0.508 e. The monoisotopic (exact) mass is 406 g/mol. The van der Waals surface area contributed by atoms with Crippen LogP contribution in [0.3, 0.4) is 0 Å². The van der Waals surface area contributed by atoms with Crippen molar-refractivity contribution in [3.05, 3.63) is 59.3 Å². The highest BCUT2D eigenvalue weighted by molar-refractivity contribution is 7.20. The molecular weight excluding hydrogens is 388 g/mol. The van der Waals surface area contributed by atoms with Crippen LogP contribution in [0.2, 0.25) is 0 Å². The molecule has 0 saturated carbocycles. The Labute approximate surface area is 170 Å². The van der Waals surface area contributed by atoms with Gasteiger partial charge in [0.1, 0.15) is 17.3 Å². The fourth-order valence-electron chi connectivity index (χ4n) is 3.79. The van der Waals surface area contributed by atoms with E-state index >= 15 is 0 Å². The van der Waals surface area contributed by atoms with Gasteiger partial charge in [0.15, 0.2) is 0 Å². The minimum atomic E-state index is -0.123. The molecule has 3 heterocycles. The zero-order valence-electron chi connectivity index (χ0n) is 15.8. The van der Waals surface area contributed by atoms with Crippen molar-refractivity contribution in [1.82, 2.24) is 14.8 Å². The molecule has 1 aliphatic heterocycles. The number of benzene rings is 2. The number of nitrogens with one attached hydrogen (secondary N) is 1. The highest BCUT2D eigenvalue weighted by Gasteiger charge is 2.33. The lowest BCUT2D eigenvalue weighted by Crippen LogP contribution is -2.24. The highest BCUT2D eigenvalue weighted by Crippen LogP contribution is 2.41. The van der Waals surface area contributed by atoms with E-state index < -0.39 is 0 Å². The molecule has 4 aromatic rings. The number of anilines is 1. The average molecular weight is 406 g/mol. The summed E-state index contributed by atoms with van der Waals surface area (Å²) in [5, 5.41) is 18.0. The topological polar surface area (TPSA) is 89.3 Å². The summed E-state index contributed by atoms with van der Waals surface area (Å²) in [6.07, 6.45) is 0.335. The molecule has 1 atom stereocenters. The van der Waals surface area contributed by atoms with Crippen molar-refractivity contribution in [2.75, 3.05) is 12.4 Å². The van der Waals surface area contributed by atoms with E-state index in [0.717, 1.165) is 32.8 Å². The van der Waals surface area contributed by atoms with Crippen LogP contribution in [0.15, 0.2) is 42.5 Å². The molecule has 29 heavy (non-hydrogen) atoms. The number of aromatic hydroxyl groups is 1. The standard InChI is InChI=1S/C21H18N4O3S/c1-11-19-15(12-3-5-13(26)6-4-12)10-18(27)23-20(19)25(24-11)21-22-16-8-7-14(28-2)9-17(16)29-21/h3-9,15,26H,10H2,1-2H3,(H,23,27)/t15-/m0/s1. The van der Waals surface area contributed by atoms with Crippen molar-refractivity contribution in [3.8, 4) is 16.6 Å². The lowest BCUT2D eigenvalue weighted by molar-refractivity contribution is -0.116. The molecule has 0 radical (unpaired) electrons. The van der Waals surface area contributed by atoms with Crippen LogP contribution in [0.5, 0.6) is 11.5 Å². The number of thiazole rings is 1. The summed E-state index contributed by atoms with van der Waals surface area (Å²) in [6.45, 7) is 1.94. The SMILES string of the molecule is COc1ccc2nc(-n3nc(C)c4c3NC(=O)C[C@H]4c3ccc(O)cc3)sc2c1. The lowest BCUT2D eigenvalue weighted by Gasteiger charge is -2.24. The van der Waals surface area contributed by atoms with Crippen molar-refractivity contribution < 1.29 is 14.6 Å². The van der Waals surface area contributed by atoms with Crippen LogP contribution < -0.4 is 10.1 Å². The summed E-state index contributed by atoms with van der Waals surface area (Å²) in [4.78, 5) is 17.2. The van der Waals surface area contributed by atoms with E-state index in [0.29, 0.717) is 17.4 Å². The fourth-order valence-corrected chi connectivity index (χ4v) is 4.74. The second kappa shape index (κ2) is 6.59. The number of hydrogen-bond acceptors (Lipinski definition) is 6. The van der Waals surface area contributed by atoms with E-state index in [9.17, 15) is 9.90 Å². The van der Waals surface area contributed by atoms with E-state index in [1.54, 1.807) is 23.9 Å². The maximum atomic E-state index is 12.5. The van der Waals surface area contributed by atoms with Gasteiger partial charge in [-0.2, -0.15) is 9.78 Å². The summed E-state index contributed by atoms with van der Waals surface area (Å²) in [7, 11) is 1.63. The number of aromatic nitrogens is 3. The minimum Gasteiger partial charge on any atom is -0.508 e. The Kier molecular flexibility index (Phi) is 4.02. The van der Waals surface area contributed by atoms with Gasteiger partial charge in [-0.1, -0.05) is 23.5 Å². The predicted molar refractivity (Wildman–Crippen MR) is 111 cm³/mol. The number of hydrogen-bond donors (Lipinski definition) is 2. The highest BCUT2D eigenvalue weighted by atomic mass is 32.1. The van der Waals surface area contributed by atoms with E-state index in [2.05, 4.69) is 5.32 Å². The molecule has 1 aliphatic rings. The number of carbonyl (C=O) groups excluding carboxylic acids is 1. The van der Waals surface area contributed by atoms with E-state index in [1.807, 2.05) is 37.3 Å². The van der Waals surface area contributed by atoms with Crippen molar-refractivity contribution in [3.63, 3.8) is 0 Å². The predicted octanol–water partition coefficient (Wildman–Crippen LogP) is 3.98. The second-order valence-electron chi connectivity index (χ2n) is 6.99. The third-order valence-corrected chi connectivity index (χ3v) is 6.16. The first kappa shape index (κ1) is 17.7. The maximum Gasteiger partial charge on any atom is 0.226 e. The van der Waals surface area contributed by atoms with E-state index in [4.69, 9.17) is 14.8 Å². The van der Waals surface area contributed by atoms with Crippen molar-refractivity contribution in [2.45, 2.75) is 19.3 Å². The molecule has 1 amide bonds. The zero-order chi connectivity index (χ0) is 20.1. The van der Waals surface area contributed by atoms with Crippen molar-refractivity contribution in [2.24, 2.45) is 0 Å². The maximum absolute atomic E-state index is 12.5. The molecule has 0 aliphatic carbocycles. The van der Waals surface area contributed by atoms with Gasteiger partial charge >= 0.3 is 0 Å². The summed E-state index contributed by atoms with van der Waals surface area (Å²) in [6, 6.07) is 12.7. The Morgan fingerprint density at radius 2 is 2.03 bits per heavy atom. The molecule has 146 valence electrons. The average Bonchev–Trinajstić information content (AvgIpc) is 3.28. The zero-order valence-corrected chi connectivity index (χ0v) is 16.7. The van der Waals surface area contributed by atoms with Gasteiger partial charge in [-0.25, -0.2) is 4.98 Å². The molecular formula is C21H18N4O3S. The van der Waals surface area contributed by atoms with Gasteiger partial charge in [-0.15, -0.1) is 0 Å². The molecule has 0 unspecified atom stereocenters. The van der Waals surface area contributed by atoms with Crippen LogP contribution in [0.1, 0.15) is 29.2 Å². The van der Waals surface area contributed by atoms with Gasteiger partial charge in [0.2, 0.25) is 11.0 Å². The van der Waals surface area contributed by atoms with Crippen LogP contribution >= 0.6 is 11.3 Å². The molecule has 5 rings (SSSR count). The second-order valence-corrected chi connectivity index (χ2v) is 8.00. The molecule has 0 saturated heterocycles. The summed E-state index contributed by atoms with van der Waals surface area (Å²) in [5.74, 6) is 1.43. The van der Waals surface area contributed by atoms with Crippen molar-refractivity contribution in [1.29, 1.82) is 0 Å². The Bertz CT molecular complexity index is 1240. The number of methoxy groups -OCH3 is 1. The van der Waals surface area contributed by atoms with Gasteiger partial charge in [0.25, 0.3) is 0 Å². The van der Waals surface area contributed by atoms with Gasteiger partial charge < -0.3 is 15.2 Å². The molecule has 0 bridgehead atoms. The Hall–Kier alpha value is -3.39. The molecule has 2 N–H and O–H groups in total. The number of amides is 1. The van der Waals surface area contributed by atoms with E-state index in [1.165, 1.54) is 11.3 Å². The van der Waals surface area contributed by atoms with Crippen LogP contribution in [0, 0.1) is 6.92 Å². The number of nitrogens with zero attached hydrogens (tertiary/aromatic N) is 3. The molecule has 2 aromatic heterocycles. The minimum absolute atomic E-state index is 0.0699. The summed E-state index contributed by atoms with van der Waals surface area (Å²) < 4.78 is 8.00. The number of carbonyl (C=O) groups is 1. The first-order chi connectivity index (χ1) is 14.0. The number of phenols is 1. The van der Waals surface area contributed by atoms with Crippen LogP contribution in [-0.4, -0.2) is 32.9 Å². The van der Waals surface area contributed by atoms with Crippen LogP contribution in [-0.2, 0) is 4.79 Å². The molecule has 8 heteroatoms. The molecule has 0 fully saturated rings. The number of aryl methyl sites for hydroxylation is 1. The molecule has 0 spiro atoms. The number of fused-ring (bicyclic) bond motifs is 2. The smallest absolute Gasteiger partial charge is 0.226 e. The summed E-state index contributed by atoms with van der Waals surface area (Å²) in [5.41, 5.74) is 3.64. The Morgan fingerprint density at radius 3 is 2.79 bits per heavy atom. The lowest BCUT2D eigenvalue weighted by atomic mass is 9.86. The third kappa shape index (κ3) is 2.92. The van der Waals surface area contributed by atoms with Gasteiger partial charge in [0.05, 0.1) is 23.0 Å². The Morgan fingerprint density at radius 1 is 1.24 bits per heavy atom. The Balaban J connectivity index is 1.64. The first-order valence-corrected chi connectivity index (χ1v) is 9.98. The van der Waals surface area contributed by atoms with Crippen LogP contribution in [0.4, 0.5) is 5.82 Å². The third-order valence-electron chi connectivity index (χ3n) is 5.16. The summed E-state index contributed by atoms with van der Waals surface area (Å²) >= 11 is 1.49. The van der Waals surface area contributed by atoms with Crippen LogP contribution in [0.25, 0.3) is 15.3 Å².